The highest BCUT2D eigenvalue weighted by molar-refractivity contribution is 5.91. The Morgan fingerprint density at radius 1 is 1.52 bits per heavy atom. The first-order valence-electron chi connectivity index (χ1n) is 7.40. The second-order valence-electron chi connectivity index (χ2n) is 5.26. The molecule has 4 nitrogen and oxygen atoms in total. The zero-order valence-corrected chi connectivity index (χ0v) is 12.4. The van der Waals surface area contributed by atoms with Crippen LogP contribution in [0.15, 0.2) is 18.2 Å². The highest BCUT2D eigenvalue weighted by atomic mass is 16.5. The van der Waals surface area contributed by atoms with Gasteiger partial charge in [0.15, 0.2) is 0 Å². The van der Waals surface area contributed by atoms with Crippen molar-refractivity contribution in [2.75, 3.05) is 18.5 Å². The number of rotatable bonds is 4. The summed E-state index contributed by atoms with van der Waals surface area (Å²) >= 11 is 0. The molecule has 21 heavy (non-hydrogen) atoms. The zero-order chi connectivity index (χ0) is 15.1. The predicted octanol–water partition coefficient (Wildman–Crippen LogP) is 2.20. The molecule has 1 aromatic carbocycles. The summed E-state index contributed by atoms with van der Waals surface area (Å²) in [6.07, 6.45) is 3.73. The van der Waals surface area contributed by atoms with Crippen LogP contribution in [0.4, 0.5) is 5.69 Å². The van der Waals surface area contributed by atoms with Crippen LogP contribution in [-0.4, -0.2) is 25.2 Å². The Labute approximate surface area is 126 Å². The van der Waals surface area contributed by atoms with Crippen LogP contribution in [0.25, 0.3) is 0 Å². The number of hydrogen-bond acceptors (Lipinski definition) is 3. The van der Waals surface area contributed by atoms with Crippen LogP contribution in [-0.2, 0) is 9.53 Å². The third kappa shape index (κ3) is 4.89. The summed E-state index contributed by atoms with van der Waals surface area (Å²) in [5, 5.41) is 2.95. The van der Waals surface area contributed by atoms with E-state index in [1.165, 1.54) is 0 Å². The number of benzene rings is 1. The highest BCUT2D eigenvalue weighted by Crippen LogP contribution is 2.19. The van der Waals surface area contributed by atoms with Crippen molar-refractivity contribution in [3.8, 4) is 11.8 Å². The van der Waals surface area contributed by atoms with Gasteiger partial charge < -0.3 is 15.8 Å². The van der Waals surface area contributed by atoms with Crippen LogP contribution in [0, 0.1) is 18.8 Å². The maximum atomic E-state index is 12.0. The lowest BCUT2D eigenvalue weighted by atomic mass is 10.1. The third-order valence-corrected chi connectivity index (χ3v) is 3.55. The molecule has 112 valence electrons. The average molecular weight is 286 g/mol. The molecule has 1 fully saturated rings. The lowest BCUT2D eigenvalue weighted by Crippen LogP contribution is -2.15. The topological polar surface area (TPSA) is 64.3 Å². The van der Waals surface area contributed by atoms with Crippen molar-refractivity contribution < 1.29 is 9.53 Å². The molecule has 1 heterocycles. The maximum Gasteiger partial charge on any atom is 0.224 e. The van der Waals surface area contributed by atoms with Crippen LogP contribution in [0.3, 0.4) is 0 Å². The van der Waals surface area contributed by atoms with Crippen molar-refractivity contribution in [2.45, 2.75) is 38.7 Å². The van der Waals surface area contributed by atoms with Gasteiger partial charge in [-0.1, -0.05) is 11.8 Å². The molecular weight excluding hydrogens is 264 g/mol. The first-order chi connectivity index (χ1) is 10.2. The average Bonchev–Trinajstić information content (AvgIpc) is 2.99. The highest BCUT2D eigenvalue weighted by Gasteiger charge is 2.16. The van der Waals surface area contributed by atoms with E-state index in [4.69, 9.17) is 10.5 Å². The van der Waals surface area contributed by atoms with Crippen LogP contribution in [0.2, 0.25) is 0 Å². The van der Waals surface area contributed by atoms with Crippen LogP contribution < -0.4 is 11.1 Å². The van der Waals surface area contributed by atoms with Gasteiger partial charge in [-0.2, -0.15) is 0 Å². The number of nitrogens with one attached hydrogen (secondary N) is 1. The lowest BCUT2D eigenvalue weighted by Gasteiger charge is -2.11. The van der Waals surface area contributed by atoms with E-state index >= 15 is 0 Å². The van der Waals surface area contributed by atoms with Gasteiger partial charge in [0.1, 0.15) is 0 Å². The van der Waals surface area contributed by atoms with E-state index in [9.17, 15) is 4.79 Å². The molecule has 1 aliphatic heterocycles. The molecule has 1 aliphatic rings. The van der Waals surface area contributed by atoms with Crippen LogP contribution >= 0.6 is 0 Å². The normalized spacial score (nSPS) is 17.1. The van der Waals surface area contributed by atoms with Crippen molar-refractivity contribution in [1.82, 2.24) is 0 Å². The molecule has 2 rings (SSSR count). The van der Waals surface area contributed by atoms with Crippen molar-refractivity contribution in [3.63, 3.8) is 0 Å². The molecule has 1 amide bonds. The van der Waals surface area contributed by atoms with Gasteiger partial charge in [0, 0.05) is 24.3 Å². The Hall–Kier alpha value is -1.83. The predicted molar refractivity (Wildman–Crippen MR) is 83.9 cm³/mol. The van der Waals surface area contributed by atoms with E-state index in [1.807, 2.05) is 25.1 Å². The Morgan fingerprint density at radius 3 is 3.05 bits per heavy atom. The van der Waals surface area contributed by atoms with Gasteiger partial charge in [0.25, 0.3) is 0 Å². The molecule has 1 aromatic rings. The first kappa shape index (κ1) is 15.6. The van der Waals surface area contributed by atoms with E-state index in [2.05, 4.69) is 17.2 Å². The van der Waals surface area contributed by atoms with E-state index in [0.29, 0.717) is 13.0 Å². The standard InChI is InChI=1S/C17H22N2O2/c1-13-12-14(4-2-10-18)6-8-16(13)19-17(20)9-7-15-5-3-11-21-15/h6,8,12,15H,3,5,7,9-11,18H2,1H3,(H,19,20). The SMILES string of the molecule is Cc1cc(C#CCN)ccc1NC(=O)CCC1CCCO1. The van der Waals surface area contributed by atoms with E-state index < -0.39 is 0 Å². The minimum absolute atomic E-state index is 0.0365. The largest absolute Gasteiger partial charge is 0.378 e. The van der Waals surface area contributed by atoms with Crippen LogP contribution in [0.5, 0.6) is 0 Å². The smallest absolute Gasteiger partial charge is 0.224 e. The molecule has 0 spiro atoms. The Morgan fingerprint density at radius 2 is 2.38 bits per heavy atom. The second kappa shape index (κ2) is 7.82. The molecule has 0 saturated carbocycles. The van der Waals surface area contributed by atoms with Crippen molar-refractivity contribution >= 4 is 11.6 Å². The Bertz CT molecular complexity index is 552. The zero-order valence-electron chi connectivity index (χ0n) is 12.4. The molecule has 1 atom stereocenters. The summed E-state index contributed by atoms with van der Waals surface area (Å²) in [6, 6.07) is 5.74. The molecular formula is C17H22N2O2. The number of ether oxygens (including phenoxy) is 1. The van der Waals surface area contributed by atoms with Gasteiger partial charge in [-0.05, 0) is 49.9 Å². The quantitative estimate of drug-likeness (QED) is 0.834. The number of aryl methyl sites for hydroxylation is 1. The minimum atomic E-state index is 0.0365. The molecule has 3 N–H and O–H groups in total. The Balaban J connectivity index is 1.88. The van der Waals surface area contributed by atoms with Crippen molar-refractivity contribution in [3.05, 3.63) is 29.3 Å². The fourth-order valence-corrected chi connectivity index (χ4v) is 2.41. The maximum absolute atomic E-state index is 12.0. The summed E-state index contributed by atoms with van der Waals surface area (Å²) < 4.78 is 5.53. The fourth-order valence-electron chi connectivity index (χ4n) is 2.41. The second-order valence-corrected chi connectivity index (χ2v) is 5.26. The molecule has 0 aromatic heterocycles. The molecule has 4 heteroatoms. The van der Waals surface area contributed by atoms with Gasteiger partial charge in [-0.15, -0.1) is 0 Å². The molecule has 0 aliphatic carbocycles. The van der Waals surface area contributed by atoms with Crippen molar-refractivity contribution in [2.24, 2.45) is 5.73 Å². The number of anilines is 1. The van der Waals surface area contributed by atoms with Gasteiger partial charge in [0.2, 0.25) is 5.91 Å². The van der Waals surface area contributed by atoms with Gasteiger partial charge in [0.05, 0.1) is 12.6 Å². The van der Waals surface area contributed by atoms with Gasteiger partial charge in [-0.3, -0.25) is 4.79 Å². The number of carbonyl (C=O) groups is 1. The van der Waals surface area contributed by atoms with Gasteiger partial charge in [-0.25, -0.2) is 0 Å². The molecule has 0 bridgehead atoms. The summed E-state index contributed by atoms with van der Waals surface area (Å²) in [6.45, 7) is 3.14. The number of hydrogen-bond donors (Lipinski definition) is 2. The van der Waals surface area contributed by atoms with E-state index in [1.54, 1.807) is 0 Å². The monoisotopic (exact) mass is 286 g/mol. The number of nitrogens with two attached hydrogens (primary N) is 1. The summed E-state index contributed by atoms with van der Waals surface area (Å²) in [7, 11) is 0. The first-order valence-corrected chi connectivity index (χ1v) is 7.40. The van der Waals surface area contributed by atoms with E-state index in [-0.39, 0.29) is 12.0 Å². The van der Waals surface area contributed by atoms with Crippen LogP contribution in [0.1, 0.15) is 36.8 Å². The number of amides is 1. The minimum Gasteiger partial charge on any atom is -0.378 e. The van der Waals surface area contributed by atoms with E-state index in [0.717, 1.165) is 42.7 Å². The fraction of sp³-hybridized carbons (Fsp3) is 0.471. The Kier molecular flexibility index (Phi) is 5.79. The van der Waals surface area contributed by atoms with Crippen molar-refractivity contribution in [1.29, 1.82) is 0 Å². The number of carbonyl (C=O) groups excluding carboxylic acids is 1. The van der Waals surface area contributed by atoms with Gasteiger partial charge >= 0.3 is 0 Å². The molecule has 1 saturated heterocycles. The third-order valence-electron chi connectivity index (χ3n) is 3.55. The lowest BCUT2D eigenvalue weighted by molar-refractivity contribution is -0.116. The summed E-state index contributed by atoms with van der Waals surface area (Å²) in [5.74, 6) is 5.84. The molecule has 1 unspecified atom stereocenters. The summed E-state index contributed by atoms with van der Waals surface area (Å²) in [5.41, 5.74) is 8.11. The molecule has 0 radical (unpaired) electrons. The summed E-state index contributed by atoms with van der Waals surface area (Å²) in [4.78, 5) is 12.0.